The lowest BCUT2D eigenvalue weighted by atomic mass is 9.90. The van der Waals surface area contributed by atoms with Gasteiger partial charge in [-0.2, -0.15) is 0 Å². The fraction of sp³-hybridized carbons (Fsp3) is 0.538. The second-order valence-corrected chi connectivity index (χ2v) is 17.6. The number of nitrogens with zero attached hydrogens (tertiary/aromatic N) is 2. The minimum Gasteiger partial charge on any atom is -0.444 e. The Morgan fingerprint density at radius 3 is 2.55 bits per heavy atom. The Balaban J connectivity index is 1.15. The van der Waals surface area contributed by atoms with Crippen LogP contribution in [0.1, 0.15) is 87.8 Å². The predicted octanol–water partition coefficient (Wildman–Crippen LogP) is 5.59. The van der Waals surface area contributed by atoms with E-state index in [0.717, 1.165) is 31.2 Å². The van der Waals surface area contributed by atoms with Gasteiger partial charge in [0.2, 0.25) is 21.8 Å². The van der Waals surface area contributed by atoms with Crippen LogP contribution >= 0.6 is 0 Å². The van der Waals surface area contributed by atoms with E-state index >= 15 is 0 Å². The second-order valence-electron chi connectivity index (χ2n) is 15.4. The fourth-order valence-corrected chi connectivity index (χ4v) is 9.38. The fourth-order valence-electron chi connectivity index (χ4n) is 8.05. The number of carbonyl (C=O) groups is 4. The second kappa shape index (κ2) is 13.8. The molecule has 2 aliphatic carbocycles. The summed E-state index contributed by atoms with van der Waals surface area (Å²) in [5.41, 5.74) is 0.903. The van der Waals surface area contributed by atoms with Gasteiger partial charge in [-0.05, 0) is 75.0 Å². The van der Waals surface area contributed by atoms with Gasteiger partial charge in [0.15, 0.2) is 5.78 Å². The third-order valence-corrected chi connectivity index (χ3v) is 13.9. The predicted molar refractivity (Wildman–Crippen MR) is 187 cm³/mol. The Labute approximate surface area is 298 Å². The van der Waals surface area contributed by atoms with Crippen LogP contribution in [-0.4, -0.2) is 65.3 Å². The molecule has 2 aromatic carbocycles. The summed E-state index contributed by atoms with van der Waals surface area (Å²) in [6.07, 6.45) is 8.11. The summed E-state index contributed by atoms with van der Waals surface area (Å²) in [5.74, 6) is -2.34. The van der Waals surface area contributed by atoms with E-state index in [2.05, 4.69) is 4.72 Å². The zero-order chi connectivity index (χ0) is 36.0. The van der Waals surface area contributed by atoms with Crippen LogP contribution in [0.2, 0.25) is 0 Å². The topological polar surface area (TPSA) is 130 Å². The van der Waals surface area contributed by atoms with Crippen LogP contribution in [0, 0.1) is 23.1 Å². The average Bonchev–Trinajstić information content (AvgIpc) is 3.89. The number of ketones is 1. The first-order valence-corrected chi connectivity index (χ1v) is 19.7. The Morgan fingerprint density at radius 2 is 1.80 bits per heavy atom. The molecule has 1 saturated heterocycles. The lowest BCUT2D eigenvalue weighted by molar-refractivity contribution is -0.142. The molecule has 5 aliphatic rings. The number of nitrogens with one attached hydrogen (secondary N) is 1. The maximum Gasteiger partial charge on any atom is 0.410 e. The van der Waals surface area contributed by atoms with E-state index in [1.807, 2.05) is 42.5 Å². The highest BCUT2D eigenvalue weighted by Gasteiger charge is 2.62. The molecular formula is C39H46FN3O7S. The molecule has 51 heavy (non-hydrogen) atoms. The highest BCUT2D eigenvalue weighted by Crippen LogP contribution is 2.57. The quantitative estimate of drug-likeness (QED) is 0.386. The number of allylic oxidation sites excluding steroid dienone is 2. The van der Waals surface area contributed by atoms with Crippen molar-refractivity contribution in [3.8, 4) is 0 Å². The molecule has 3 aliphatic heterocycles. The van der Waals surface area contributed by atoms with Gasteiger partial charge in [-0.15, -0.1) is 0 Å². The highest BCUT2D eigenvalue weighted by atomic mass is 32.2. The summed E-state index contributed by atoms with van der Waals surface area (Å²) in [6.45, 7) is 1.87. The van der Waals surface area contributed by atoms with Crippen molar-refractivity contribution in [2.45, 2.75) is 108 Å². The van der Waals surface area contributed by atoms with Crippen LogP contribution in [0.15, 0.2) is 60.7 Å². The molecule has 0 radical (unpaired) electrons. The molecule has 3 fully saturated rings. The lowest BCUT2D eigenvalue weighted by Gasteiger charge is -2.29. The van der Waals surface area contributed by atoms with E-state index in [1.165, 1.54) is 15.9 Å². The molecule has 3 heterocycles. The van der Waals surface area contributed by atoms with E-state index in [9.17, 15) is 32.0 Å². The van der Waals surface area contributed by atoms with Crippen molar-refractivity contribution in [3.63, 3.8) is 0 Å². The third-order valence-electron chi connectivity index (χ3n) is 11.7. The Bertz CT molecular complexity index is 1850. The van der Waals surface area contributed by atoms with Crippen LogP contribution in [-0.2, 0) is 48.7 Å². The zero-order valence-electron chi connectivity index (χ0n) is 29.0. The summed E-state index contributed by atoms with van der Waals surface area (Å²) in [4.78, 5) is 59.1. The average molecular weight is 720 g/mol. The van der Waals surface area contributed by atoms with Crippen molar-refractivity contribution >= 4 is 33.7 Å². The maximum atomic E-state index is 14.5. The highest BCUT2D eigenvalue weighted by molar-refractivity contribution is 7.91. The number of sulfonamides is 1. The molecule has 0 bridgehead atoms. The minimum absolute atomic E-state index is 0.0106. The van der Waals surface area contributed by atoms with Gasteiger partial charge in [-0.3, -0.25) is 24.0 Å². The van der Waals surface area contributed by atoms with Crippen LogP contribution in [0.25, 0.3) is 0 Å². The number of rotatable bonds is 6. The number of fused-ring (bicyclic) bond motifs is 3. The minimum atomic E-state index is -3.93. The molecule has 10 nitrogen and oxygen atoms in total. The van der Waals surface area contributed by atoms with E-state index in [-0.39, 0.29) is 55.9 Å². The summed E-state index contributed by atoms with van der Waals surface area (Å²) in [6, 6.07) is 13.5. The molecule has 12 heteroatoms. The summed E-state index contributed by atoms with van der Waals surface area (Å²) in [7, 11) is -3.93. The Kier molecular flexibility index (Phi) is 9.58. The molecule has 5 atom stereocenters. The number of Topliss-reactive ketones (excluding diaryl/α,β-unsaturated/α-hetero) is 1. The number of hydrogen-bond donors (Lipinski definition) is 1. The van der Waals surface area contributed by atoms with Crippen molar-refractivity contribution in [2.24, 2.45) is 17.3 Å². The third kappa shape index (κ3) is 7.21. The maximum absolute atomic E-state index is 14.5. The monoisotopic (exact) mass is 719 g/mol. The summed E-state index contributed by atoms with van der Waals surface area (Å²) < 4.78 is 47.9. The molecule has 272 valence electrons. The van der Waals surface area contributed by atoms with Gasteiger partial charge in [-0.1, -0.05) is 67.5 Å². The smallest absolute Gasteiger partial charge is 0.410 e. The van der Waals surface area contributed by atoms with Gasteiger partial charge >= 0.3 is 6.09 Å². The van der Waals surface area contributed by atoms with Gasteiger partial charge in [-0.25, -0.2) is 17.6 Å². The van der Waals surface area contributed by atoms with Gasteiger partial charge in [0.1, 0.15) is 11.9 Å². The van der Waals surface area contributed by atoms with E-state index in [4.69, 9.17) is 4.74 Å². The van der Waals surface area contributed by atoms with Crippen molar-refractivity contribution in [1.29, 1.82) is 0 Å². The van der Waals surface area contributed by atoms with Crippen molar-refractivity contribution in [2.75, 3.05) is 6.54 Å². The van der Waals surface area contributed by atoms with Crippen LogP contribution in [0.5, 0.6) is 0 Å². The summed E-state index contributed by atoms with van der Waals surface area (Å²) >= 11 is 0. The normalized spacial score (nSPS) is 29.5. The summed E-state index contributed by atoms with van der Waals surface area (Å²) in [5, 5.41) is 0. The number of halogens is 1. The first-order valence-electron chi connectivity index (χ1n) is 18.2. The number of hydrogen-bond acceptors (Lipinski definition) is 7. The molecular weight excluding hydrogens is 674 g/mol. The van der Waals surface area contributed by atoms with Crippen LogP contribution in [0.3, 0.4) is 0 Å². The molecule has 2 aromatic rings. The lowest BCUT2D eigenvalue weighted by Crippen LogP contribution is -2.47. The number of benzene rings is 2. The Hall–Kier alpha value is -4.06. The molecule has 7 rings (SSSR count). The van der Waals surface area contributed by atoms with E-state index in [0.29, 0.717) is 43.2 Å². The van der Waals surface area contributed by atoms with E-state index < -0.39 is 50.2 Å². The van der Waals surface area contributed by atoms with E-state index in [1.54, 1.807) is 19.1 Å². The first-order chi connectivity index (χ1) is 24.4. The van der Waals surface area contributed by atoms with Crippen molar-refractivity contribution in [1.82, 2.24) is 14.5 Å². The van der Waals surface area contributed by atoms with Crippen molar-refractivity contribution in [3.05, 3.63) is 83.2 Å². The van der Waals surface area contributed by atoms with Gasteiger partial charge in [0, 0.05) is 30.9 Å². The number of amides is 3. The number of ether oxygens (including phenoxy) is 1. The van der Waals surface area contributed by atoms with Gasteiger partial charge < -0.3 is 9.64 Å². The zero-order valence-corrected chi connectivity index (χ0v) is 29.8. The largest absolute Gasteiger partial charge is 0.444 e. The standard InChI is InChI=1S/C39H46FN3O7S/c1-38(17-18-38)51(48,49)41-36(46)39-21-29(39)15-9-4-2-3-8-13-27(19-26-11-6-5-7-12-26)35(45)43-24-30(20-33(43)34(44)22-39)50-37(47)42-23-28-14-10-16-32(40)31(28)25-42/h5-7,9-12,14-16,27,29-30,33H,2-4,8,13,17-25H2,1H3,(H,41,46)/b15-9-/t27-,29-,30-,33+,39-/m1/s1. The molecule has 0 aromatic heterocycles. The molecule has 0 unspecified atom stereocenters. The molecule has 2 saturated carbocycles. The molecule has 0 spiro atoms. The van der Waals surface area contributed by atoms with Crippen LogP contribution in [0.4, 0.5) is 9.18 Å². The SMILES string of the molecule is CC1(S(=O)(=O)NC(=O)[C@]23CC(=O)[C@@H]4C[C@@H](OC(=O)N5Cc6cccc(F)c6C5)CN4C(=O)[C@@H](Cc4ccccc4)CCCCC/C=C\[C@@H]2C3)CC1. The van der Waals surface area contributed by atoms with Crippen LogP contribution < -0.4 is 4.72 Å². The molecule has 3 amide bonds. The first kappa shape index (κ1) is 35.3. The van der Waals surface area contributed by atoms with Gasteiger partial charge in [0.25, 0.3) is 0 Å². The van der Waals surface area contributed by atoms with Gasteiger partial charge in [0.05, 0.1) is 29.3 Å². The Morgan fingerprint density at radius 1 is 1.02 bits per heavy atom. The number of carbonyl (C=O) groups excluding carboxylic acids is 4. The van der Waals surface area contributed by atoms with Crippen molar-refractivity contribution < 1.29 is 36.7 Å². The molecule has 1 N–H and O–H groups in total.